The molecule has 0 spiro atoms. The molecule has 1 aliphatic heterocycles. The van der Waals surface area contributed by atoms with Crippen LogP contribution in [0.4, 0.5) is 5.69 Å². The minimum Gasteiger partial charge on any atom is -0.497 e. The average Bonchev–Trinajstić information content (AvgIpc) is 2.92. The molecule has 2 heterocycles. The summed E-state index contributed by atoms with van der Waals surface area (Å²) >= 11 is 1.50. The Morgan fingerprint density at radius 2 is 1.90 bits per heavy atom. The molecule has 0 unspecified atom stereocenters. The molecule has 0 bridgehead atoms. The van der Waals surface area contributed by atoms with Crippen LogP contribution in [0.5, 0.6) is 5.75 Å². The fraction of sp³-hybridized carbons (Fsp3) is 0.208. The van der Waals surface area contributed by atoms with Crippen LogP contribution in [0, 0.1) is 0 Å². The highest BCUT2D eigenvalue weighted by Gasteiger charge is 2.27. The first-order valence-electron chi connectivity index (χ1n) is 10.1. The monoisotopic (exact) mass is 433 g/mol. The minimum atomic E-state index is -0.0841. The largest absolute Gasteiger partial charge is 0.497 e. The Morgan fingerprint density at radius 1 is 1.10 bits per heavy atom. The number of carbonyl (C=O) groups is 2. The summed E-state index contributed by atoms with van der Waals surface area (Å²) in [5, 5.41) is 3.64. The van der Waals surface area contributed by atoms with Gasteiger partial charge in [-0.25, -0.2) is 4.98 Å². The maximum absolute atomic E-state index is 13.2. The number of nitrogens with one attached hydrogen (secondary N) is 1. The van der Waals surface area contributed by atoms with E-state index in [0.717, 1.165) is 21.9 Å². The van der Waals surface area contributed by atoms with Gasteiger partial charge in [0.2, 0.25) is 5.91 Å². The Balaban J connectivity index is 1.38. The molecule has 2 amide bonds. The van der Waals surface area contributed by atoms with Crippen molar-refractivity contribution >= 4 is 29.3 Å². The molecular formula is C24H23N3O3S. The number of carbonyl (C=O) groups excluding carboxylic acids is 2. The molecule has 6 nitrogen and oxygen atoms in total. The van der Waals surface area contributed by atoms with Crippen molar-refractivity contribution in [1.29, 1.82) is 0 Å². The molecular weight excluding hydrogens is 410 g/mol. The van der Waals surface area contributed by atoms with Crippen LogP contribution < -0.4 is 15.0 Å². The summed E-state index contributed by atoms with van der Waals surface area (Å²) in [6, 6.07) is 19.0. The van der Waals surface area contributed by atoms with Gasteiger partial charge in [-0.05, 0) is 48.4 Å². The van der Waals surface area contributed by atoms with E-state index in [2.05, 4.69) is 10.3 Å². The van der Waals surface area contributed by atoms with E-state index in [4.69, 9.17) is 4.74 Å². The topological polar surface area (TPSA) is 71.5 Å². The molecule has 1 aliphatic rings. The van der Waals surface area contributed by atoms with Gasteiger partial charge in [0, 0.05) is 30.6 Å². The lowest BCUT2D eigenvalue weighted by Gasteiger charge is -2.22. The fourth-order valence-corrected chi connectivity index (χ4v) is 4.43. The van der Waals surface area contributed by atoms with Crippen LogP contribution in [-0.2, 0) is 11.3 Å². The zero-order chi connectivity index (χ0) is 21.6. The number of methoxy groups -OCH3 is 1. The Labute approximate surface area is 185 Å². The normalized spacial score (nSPS) is 12.5. The van der Waals surface area contributed by atoms with E-state index < -0.39 is 0 Å². The average molecular weight is 434 g/mol. The maximum Gasteiger partial charge on any atom is 0.261 e. The van der Waals surface area contributed by atoms with Crippen molar-refractivity contribution in [3.8, 4) is 5.75 Å². The summed E-state index contributed by atoms with van der Waals surface area (Å²) in [4.78, 5) is 32.6. The number of anilines is 1. The highest BCUT2D eigenvalue weighted by Crippen LogP contribution is 2.40. The summed E-state index contributed by atoms with van der Waals surface area (Å²) < 4.78 is 5.15. The van der Waals surface area contributed by atoms with Gasteiger partial charge in [-0.2, -0.15) is 0 Å². The van der Waals surface area contributed by atoms with Gasteiger partial charge in [0.15, 0.2) is 0 Å². The number of hydrogen-bond donors (Lipinski definition) is 1. The Kier molecular flexibility index (Phi) is 6.52. The first kappa shape index (κ1) is 20.9. The summed E-state index contributed by atoms with van der Waals surface area (Å²) in [6.45, 7) is 0.921. The Hall–Kier alpha value is -3.32. The summed E-state index contributed by atoms with van der Waals surface area (Å²) in [5.74, 6) is 0.661. The van der Waals surface area contributed by atoms with E-state index in [1.165, 1.54) is 11.8 Å². The van der Waals surface area contributed by atoms with E-state index >= 15 is 0 Å². The van der Waals surface area contributed by atoms with Crippen molar-refractivity contribution in [2.75, 3.05) is 18.6 Å². The molecule has 1 N–H and O–H groups in total. The van der Waals surface area contributed by atoms with Gasteiger partial charge in [0.25, 0.3) is 5.91 Å². The molecule has 0 aliphatic carbocycles. The second-order valence-corrected chi connectivity index (χ2v) is 8.14. The van der Waals surface area contributed by atoms with Crippen LogP contribution in [0.15, 0.2) is 76.8 Å². The number of hydrogen-bond acceptors (Lipinski definition) is 5. The molecule has 3 aromatic rings. The van der Waals surface area contributed by atoms with E-state index in [0.29, 0.717) is 36.5 Å². The van der Waals surface area contributed by atoms with E-state index in [1.807, 2.05) is 48.5 Å². The number of fused-ring (bicyclic) bond motifs is 2. The molecule has 0 fully saturated rings. The number of nitrogens with zero attached hydrogens (tertiary/aromatic N) is 2. The van der Waals surface area contributed by atoms with Crippen LogP contribution in [-0.4, -0.2) is 30.5 Å². The lowest BCUT2D eigenvalue weighted by molar-refractivity contribution is -0.121. The lowest BCUT2D eigenvalue weighted by Crippen LogP contribution is -2.33. The third kappa shape index (κ3) is 4.88. The number of para-hydroxylation sites is 1. The van der Waals surface area contributed by atoms with Crippen LogP contribution in [0.1, 0.15) is 28.8 Å². The third-order valence-corrected chi connectivity index (χ3v) is 6.13. The molecule has 0 saturated carbocycles. The number of aromatic nitrogens is 1. The second kappa shape index (κ2) is 9.66. The lowest BCUT2D eigenvalue weighted by atomic mass is 10.2. The highest BCUT2D eigenvalue weighted by atomic mass is 32.2. The standard InChI is InChI=1S/C24H23N3O3S/c1-30-18-12-10-17(11-13-18)16-26-22(28)9-5-15-27-20-7-2-3-8-21(20)31-23-19(24(27)29)6-4-14-25-23/h2-4,6-8,10-14H,5,9,15-16H2,1H3,(H,26,28). The van der Waals surface area contributed by atoms with Crippen molar-refractivity contribution in [1.82, 2.24) is 10.3 Å². The summed E-state index contributed by atoms with van der Waals surface area (Å²) in [6.07, 6.45) is 2.61. The van der Waals surface area contributed by atoms with Gasteiger partial charge >= 0.3 is 0 Å². The van der Waals surface area contributed by atoms with Gasteiger partial charge < -0.3 is 15.0 Å². The molecule has 7 heteroatoms. The second-order valence-electron chi connectivity index (χ2n) is 7.11. The third-order valence-electron chi connectivity index (χ3n) is 5.04. The predicted octanol–water partition coefficient (Wildman–Crippen LogP) is 4.30. The smallest absolute Gasteiger partial charge is 0.261 e. The molecule has 0 saturated heterocycles. The predicted molar refractivity (Wildman–Crippen MR) is 121 cm³/mol. The highest BCUT2D eigenvalue weighted by molar-refractivity contribution is 7.99. The zero-order valence-corrected chi connectivity index (χ0v) is 18.0. The minimum absolute atomic E-state index is 0.0391. The van der Waals surface area contributed by atoms with Crippen LogP contribution >= 0.6 is 11.8 Å². The van der Waals surface area contributed by atoms with Gasteiger partial charge in [0.05, 0.1) is 18.4 Å². The van der Waals surface area contributed by atoms with Crippen LogP contribution in [0.2, 0.25) is 0 Å². The van der Waals surface area contributed by atoms with Gasteiger partial charge in [-0.3, -0.25) is 9.59 Å². The van der Waals surface area contributed by atoms with Crippen molar-refractivity contribution < 1.29 is 14.3 Å². The number of rotatable bonds is 7. The number of benzene rings is 2. The van der Waals surface area contributed by atoms with Gasteiger partial charge in [-0.1, -0.05) is 36.0 Å². The first-order chi connectivity index (χ1) is 15.2. The summed E-state index contributed by atoms with van der Waals surface area (Å²) in [5.41, 5.74) is 2.45. The van der Waals surface area contributed by atoms with Gasteiger partial charge in [0.1, 0.15) is 10.8 Å². The van der Waals surface area contributed by atoms with Gasteiger partial charge in [-0.15, -0.1) is 0 Å². The van der Waals surface area contributed by atoms with Crippen molar-refractivity contribution in [3.63, 3.8) is 0 Å². The molecule has 1 aromatic heterocycles. The molecule has 0 atom stereocenters. The van der Waals surface area contributed by atoms with Crippen molar-refractivity contribution in [3.05, 3.63) is 78.0 Å². The van der Waals surface area contributed by atoms with Crippen LogP contribution in [0.25, 0.3) is 0 Å². The van der Waals surface area contributed by atoms with Crippen LogP contribution in [0.3, 0.4) is 0 Å². The Bertz CT molecular complexity index is 1090. The molecule has 4 rings (SSSR count). The quantitative estimate of drug-likeness (QED) is 0.602. The summed E-state index contributed by atoms with van der Waals surface area (Å²) in [7, 11) is 1.62. The molecule has 158 valence electrons. The van der Waals surface area contributed by atoms with E-state index in [1.54, 1.807) is 30.3 Å². The molecule has 31 heavy (non-hydrogen) atoms. The number of ether oxygens (including phenoxy) is 1. The molecule has 2 aromatic carbocycles. The SMILES string of the molecule is COc1ccc(CNC(=O)CCCN2C(=O)c3cccnc3Sc3ccccc32)cc1. The number of amides is 2. The molecule has 0 radical (unpaired) electrons. The van der Waals surface area contributed by atoms with Crippen molar-refractivity contribution in [2.45, 2.75) is 29.3 Å². The maximum atomic E-state index is 13.2. The fourth-order valence-electron chi connectivity index (χ4n) is 3.41. The number of pyridine rings is 1. The van der Waals surface area contributed by atoms with E-state index in [-0.39, 0.29) is 11.8 Å². The van der Waals surface area contributed by atoms with E-state index in [9.17, 15) is 9.59 Å². The Morgan fingerprint density at radius 3 is 2.71 bits per heavy atom. The zero-order valence-electron chi connectivity index (χ0n) is 17.2. The van der Waals surface area contributed by atoms with Crippen molar-refractivity contribution in [2.24, 2.45) is 0 Å². The first-order valence-corrected chi connectivity index (χ1v) is 10.9.